The fraction of sp³-hybridized carbons (Fsp3) is 0.429. The van der Waals surface area contributed by atoms with E-state index in [2.05, 4.69) is 5.32 Å². The number of urea groups is 1. The van der Waals surface area contributed by atoms with Crippen LogP contribution >= 0.6 is 12.2 Å². The van der Waals surface area contributed by atoms with Crippen LogP contribution in [0.2, 0.25) is 0 Å². The van der Waals surface area contributed by atoms with Crippen LogP contribution in [0.25, 0.3) is 0 Å². The topological polar surface area (TPSA) is 67.6 Å². The van der Waals surface area contributed by atoms with Gasteiger partial charge in [-0.05, 0) is 37.1 Å². The minimum absolute atomic E-state index is 0.115. The number of benzene rings is 1. The van der Waals surface area contributed by atoms with E-state index in [0.29, 0.717) is 11.5 Å². The number of nitrogens with one attached hydrogen (secondary N) is 1. The van der Waals surface area contributed by atoms with Crippen LogP contribution in [-0.2, 0) is 0 Å². The number of carbonyl (C=O) groups is 1. The van der Waals surface area contributed by atoms with E-state index in [9.17, 15) is 4.79 Å². The van der Waals surface area contributed by atoms with Crippen molar-refractivity contribution in [3.8, 4) is 5.75 Å². The van der Waals surface area contributed by atoms with Gasteiger partial charge in [-0.1, -0.05) is 12.2 Å². The second kappa shape index (κ2) is 6.56. The van der Waals surface area contributed by atoms with Gasteiger partial charge in [0.15, 0.2) is 0 Å². The summed E-state index contributed by atoms with van der Waals surface area (Å²) in [6, 6.07) is 7.13. The molecule has 1 aliphatic heterocycles. The maximum absolute atomic E-state index is 12.2. The summed E-state index contributed by atoms with van der Waals surface area (Å²) in [6.45, 7) is 1.33. The van der Waals surface area contributed by atoms with Gasteiger partial charge < -0.3 is 20.7 Å². The van der Waals surface area contributed by atoms with Crippen LogP contribution in [0.4, 0.5) is 10.5 Å². The van der Waals surface area contributed by atoms with Crippen LogP contribution in [-0.4, -0.2) is 36.1 Å². The van der Waals surface area contributed by atoms with E-state index < -0.39 is 0 Å². The Kier molecular flexibility index (Phi) is 4.79. The smallest absolute Gasteiger partial charge is 0.321 e. The number of rotatable bonds is 3. The average Bonchev–Trinajstić information content (AvgIpc) is 2.48. The van der Waals surface area contributed by atoms with Gasteiger partial charge in [0.2, 0.25) is 0 Å². The van der Waals surface area contributed by atoms with Crippen molar-refractivity contribution in [2.24, 2.45) is 11.7 Å². The highest BCUT2D eigenvalue weighted by Crippen LogP contribution is 2.19. The molecule has 0 saturated carbocycles. The Hall–Kier alpha value is -1.82. The van der Waals surface area contributed by atoms with Crippen molar-refractivity contribution in [2.45, 2.75) is 12.8 Å². The predicted molar refractivity (Wildman–Crippen MR) is 83.1 cm³/mol. The molecule has 1 aromatic carbocycles. The fourth-order valence-corrected chi connectivity index (χ4v) is 2.46. The van der Waals surface area contributed by atoms with Crippen molar-refractivity contribution in [3.05, 3.63) is 24.3 Å². The maximum Gasteiger partial charge on any atom is 0.321 e. The lowest BCUT2D eigenvalue weighted by Crippen LogP contribution is -2.45. The first-order valence-electron chi connectivity index (χ1n) is 6.59. The zero-order chi connectivity index (χ0) is 14.5. The van der Waals surface area contributed by atoms with Gasteiger partial charge in [0, 0.05) is 24.7 Å². The molecule has 1 saturated heterocycles. The predicted octanol–water partition coefficient (Wildman–Crippen LogP) is 2.23. The average molecular weight is 293 g/mol. The SMILES string of the molecule is COc1ccc(NC(=O)N2CCCC(C(N)=S)C2)cc1. The van der Waals surface area contributed by atoms with Crippen molar-refractivity contribution >= 4 is 28.9 Å². The maximum atomic E-state index is 12.2. The molecule has 20 heavy (non-hydrogen) atoms. The number of carbonyl (C=O) groups excluding carboxylic acids is 1. The largest absolute Gasteiger partial charge is 0.497 e. The number of anilines is 1. The molecule has 6 heteroatoms. The molecule has 3 N–H and O–H groups in total. The third-order valence-corrected chi connectivity index (χ3v) is 3.79. The summed E-state index contributed by atoms with van der Waals surface area (Å²) in [6.07, 6.45) is 1.89. The Morgan fingerprint density at radius 1 is 1.45 bits per heavy atom. The number of hydrogen-bond donors (Lipinski definition) is 2. The summed E-state index contributed by atoms with van der Waals surface area (Å²) in [5.41, 5.74) is 6.42. The van der Waals surface area contributed by atoms with E-state index in [1.54, 1.807) is 12.0 Å². The van der Waals surface area contributed by atoms with Crippen molar-refractivity contribution < 1.29 is 9.53 Å². The normalized spacial score (nSPS) is 18.4. The van der Waals surface area contributed by atoms with Crippen molar-refractivity contribution in [2.75, 3.05) is 25.5 Å². The van der Waals surface area contributed by atoms with E-state index in [-0.39, 0.29) is 11.9 Å². The Balaban J connectivity index is 1.95. The van der Waals surface area contributed by atoms with E-state index in [4.69, 9.17) is 22.7 Å². The molecule has 5 nitrogen and oxygen atoms in total. The molecule has 1 aromatic rings. The lowest BCUT2D eigenvalue weighted by atomic mass is 9.98. The molecule has 1 unspecified atom stereocenters. The number of amides is 2. The Morgan fingerprint density at radius 2 is 2.15 bits per heavy atom. The number of hydrogen-bond acceptors (Lipinski definition) is 3. The first-order valence-corrected chi connectivity index (χ1v) is 7.00. The molecule has 1 atom stereocenters. The summed E-state index contributed by atoms with van der Waals surface area (Å²) in [7, 11) is 1.61. The summed E-state index contributed by atoms with van der Waals surface area (Å²) in [4.78, 5) is 14.4. The molecule has 108 valence electrons. The van der Waals surface area contributed by atoms with Gasteiger partial charge in [0.1, 0.15) is 5.75 Å². The second-order valence-electron chi connectivity index (χ2n) is 4.85. The van der Waals surface area contributed by atoms with Gasteiger partial charge >= 0.3 is 6.03 Å². The summed E-state index contributed by atoms with van der Waals surface area (Å²) >= 11 is 5.02. The number of nitrogens with zero attached hydrogens (tertiary/aromatic N) is 1. The zero-order valence-corrected chi connectivity index (χ0v) is 12.3. The number of thiocarbonyl (C=S) groups is 1. The molecular weight excluding hydrogens is 274 g/mol. The fourth-order valence-electron chi connectivity index (χ4n) is 2.27. The van der Waals surface area contributed by atoms with Gasteiger partial charge in [-0.3, -0.25) is 0 Å². The van der Waals surface area contributed by atoms with Crippen LogP contribution in [0.1, 0.15) is 12.8 Å². The minimum Gasteiger partial charge on any atom is -0.497 e. The van der Waals surface area contributed by atoms with E-state index in [1.807, 2.05) is 24.3 Å². The van der Waals surface area contributed by atoms with Crippen LogP contribution in [0.5, 0.6) is 5.75 Å². The van der Waals surface area contributed by atoms with Gasteiger partial charge in [-0.2, -0.15) is 0 Å². The summed E-state index contributed by atoms with van der Waals surface area (Å²) in [5.74, 6) is 0.884. The summed E-state index contributed by atoms with van der Waals surface area (Å²) < 4.78 is 5.08. The van der Waals surface area contributed by atoms with Crippen LogP contribution in [0.3, 0.4) is 0 Å². The van der Waals surface area contributed by atoms with Gasteiger partial charge in [-0.25, -0.2) is 4.79 Å². The molecule has 0 bridgehead atoms. The molecule has 0 radical (unpaired) electrons. The number of ether oxygens (including phenoxy) is 1. The summed E-state index contributed by atoms with van der Waals surface area (Å²) in [5, 5.41) is 2.87. The number of nitrogens with two attached hydrogens (primary N) is 1. The number of methoxy groups -OCH3 is 1. The third-order valence-electron chi connectivity index (χ3n) is 3.45. The molecule has 1 aliphatic rings. The highest BCUT2D eigenvalue weighted by Gasteiger charge is 2.25. The van der Waals surface area contributed by atoms with Gasteiger partial charge in [-0.15, -0.1) is 0 Å². The van der Waals surface area contributed by atoms with Crippen molar-refractivity contribution in [1.29, 1.82) is 0 Å². The standard InChI is InChI=1S/C14H19N3O2S/c1-19-12-6-4-11(5-7-12)16-14(18)17-8-2-3-10(9-17)13(15)20/h4-7,10H,2-3,8-9H2,1H3,(H2,15,20)(H,16,18). The highest BCUT2D eigenvalue weighted by molar-refractivity contribution is 7.80. The lowest BCUT2D eigenvalue weighted by molar-refractivity contribution is 0.191. The monoisotopic (exact) mass is 293 g/mol. The second-order valence-corrected chi connectivity index (χ2v) is 5.32. The van der Waals surface area contributed by atoms with Crippen LogP contribution < -0.4 is 15.8 Å². The minimum atomic E-state index is -0.115. The van der Waals surface area contributed by atoms with E-state index in [0.717, 1.165) is 30.8 Å². The number of piperidine rings is 1. The van der Waals surface area contributed by atoms with Crippen LogP contribution in [0.15, 0.2) is 24.3 Å². The van der Waals surface area contributed by atoms with Gasteiger partial charge in [0.25, 0.3) is 0 Å². The molecule has 1 heterocycles. The molecule has 1 fully saturated rings. The molecule has 0 spiro atoms. The molecule has 0 aliphatic carbocycles. The van der Waals surface area contributed by atoms with Crippen molar-refractivity contribution in [3.63, 3.8) is 0 Å². The third kappa shape index (κ3) is 3.60. The zero-order valence-electron chi connectivity index (χ0n) is 11.5. The first-order chi connectivity index (χ1) is 9.60. The molecule has 0 aromatic heterocycles. The van der Waals surface area contributed by atoms with E-state index in [1.165, 1.54) is 0 Å². The quantitative estimate of drug-likeness (QED) is 0.839. The Labute approximate surface area is 124 Å². The number of likely N-dealkylation sites (tertiary alicyclic amines) is 1. The molecule has 2 amide bonds. The van der Waals surface area contributed by atoms with Crippen LogP contribution in [0, 0.1) is 5.92 Å². The van der Waals surface area contributed by atoms with Gasteiger partial charge in [0.05, 0.1) is 12.1 Å². The lowest BCUT2D eigenvalue weighted by Gasteiger charge is -2.32. The highest BCUT2D eigenvalue weighted by atomic mass is 32.1. The Morgan fingerprint density at radius 3 is 2.75 bits per heavy atom. The molecule has 2 rings (SSSR count). The molecular formula is C14H19N3O2S. The Bertz CT molecular complexity index is 490. The first kappa shape index (κ1) is 14.6. The van der Waals surface area contributed by atoms with Crippen molar-refractivity contribution in [1.82, 2.24) is 4.90 Å². The van der Waals surface area contributed by atoms with E-state index >= 15 is 0 Å².